The number of amides is 1. The smallest absolute Gasteiger partial charge is 0.261 e. The topological polar surface area (TPSA) is 32.7 Å². The van der Waals surface area contributed by atoms with E-state index in [2.05, 4.69) is 18.2 Å². The first kappa shape index (κ1) is 13.3. The fourth-order valence-corrected chi connectivity index (χ4v) is 3.61. The summed E-state index contributed by atoms with van der Waals surface area (Å²) in [5.74, 6) is 0.774. The van der Waals surface area contributed by atoms with Crippen LogP contribution in [0.3, 0.4) is 0 Å². The number of hydrogen-bond acceptors (Lipinski definition) is 2. The molecule has 5 rings (SSSR count). The molecule has 0 aliphatic carbocycles. The van der Waals surface area contributed by atoms with Crippen molar-refractivity contribution in [3.8, 4) is 0 Å². The average molecular weight is 310 g/mol. The monoisotopic (exact) mass is 310 g/mol. The summed E-state index contributed by atoms with van der Waals surface area (Å²) in [5.41, 5.74) is 4.73. The number of amidine groups is 1. The zero-order valence-electron chi connectivity index (χ0n) is 12.9. The molecule has 2 aliphatic rings. The lowest BCUT2D eigenvalue weighted by atomic mass is 9.94. The van der Waals surface area contributed by atoms with Crippen LogP contribution in [0.4, 0.5) is 5.69 Å². The van der Waals surface area contributed by atoms with Gasteiger partial charge in [0.2, 0.25) is 0 Å². The van der Waals surface area contributed by atoms with Crippen molar-refractivity contribution in [1.82, 2.24) is 4.90 Å². The minimum Gasteiger partial charge on any atom is -0.280 e. The van der Waals surface area contributed by atoms with E-state index in [4.69, 9.17) is 4.99 Å². The minimum absolute atomic E-state index is 0.0210. The third-order valence-electron chi connectivity index (χ3n) is 4.68. The van der Waals surface area contributed by atoms with Crippen LogP contribution in [0.1, 0.15) is 33.1 Å². The summed E-state index contributed by atoms with van der Waals surface area (Å²) in [4.78, 5) is 19.7. The molecule has 2 aliphatic heterocycles. The molecule has 114 valence electrons. The van der Waals surface area contributed by atoms with E-state index in [-0.39, 0.29) is 11.9 Å². The summed E-state index contributed by atoms with van der Waals surface area (Å²) in [6.07, 6.45) is 0. The maximum Gasteiger partial charge on any atom is 0.261 e. The highest BCUT2D eigenvalue weighted by molar-refractivity contribution is 6.24. The van der Waals surface area contributed by atoms with Crippen LogP contribution in [0.5, 0.6) is 0 Å². The van der Waals surface area contributed by atoms with Gasteiger partial charge in [0.15, 0.2) is 0 Å². The Morgan fingerprint density at radius 2 is 1.42 bits per heavy atom. The number of hydrogen-bond donors (Lipinski definition) is 0. The summed E-state index contributed by atoms with van der Waals surface area (Å²) in [5, 5.41) is 0. The number of carbonyl (C=O) groups is 1. The highest BCUT2D eigenvalue weighted by atomic mass is 16.2. The molecular formula is C21H14N2O. The number of rotatable bonds is 1. The van der Waals surface area contributed by atoms with Gasteiger partial charge in [-0.15, -0.1) is 0 Å². The normalized spacial score (nSPS) is 17.8. The highest BCUT2D eigenvalue weighted by Gasteiger charge is 2.42. The molecule has 0 aromatic heterocycles. The molecule has 0 saturated heterocycles. The molecule has 0 N–H and O–H groups in total. The van der Waals surface area contributed by atoms with E-state index in [1.54, 1.807) is 0 Å². The number of fused-ring (bicyclic) bond motifs is 4. The van der Waals surface area contributed by atoms with E-state index >= 15 is 0 Å². The molecule has 1 amide bonds. The zero-order chi connectivity index (χ0) is 16.1. The second-order valence-corrected chi connectivity index (χ2v) is 6.03. The van der Waals surface area contributed by atoms with Gasteiger partial charge < -0.3 is 0 Å². The predicted octanol–water partition coefficient (Wildman–Crippen LogP) is 4.32. The molecular weight excluding hydrogens is 296 g/mol. The van der Waals surface area contributed by atoms with E-state index in [1.165, 1.54) is 0 Å². The molecule has 24 heavy (non-hydrogen) atoms. The Kier molecular flexibility index (Phi) is 2.71. The lowest BCUT2D eigenvalue weighted by molar-refractivity contribution is 0.0831. The first-order valence-electron chi connectivity index (χ1n) is 8.00. The maximum absolute atomic E-state index is 13.1. The molecule has 0 bridgehead atoms. The van der Waals surface area contributed by atoms with Gasteiger partial charge in [0.1, 0.15) is 5.84 Å². The van der Waals surface area contributed by atoms with Crippen LogP contribution in [-0.2, 0) is 0 Å². The predicted molar refractivity (Wildman–Crippen MR) is 93.5 cm³/mol. The Labute approximate surface area is 139 Å². The number of nitrogens with zero attached hydrogens (tertiary/aromatic N) is 2. The molecule has 0 saturated carbocycles. The Bertz CT molecular complexity index is 991. The molecule has 0 spiro atoms. The highest BCUT2D eigenvalue weighted by Crippen LogP contribution is 2.43. The second-order valence-electron chi connectivity index (χ2n) is 6.03. The van der Waals surface area contributed by atoms with Crippen molar-refractivity contribution in [2.75, 3.05) is 0 Å². The first-order valence-corrected chi connectivity index (χ1v) is 8.00. The Morgan fingerprint density at radius 1 is 0.750 bits per heavy atom. The molecule has 2 heterocycles. The van der Waals surface area contributed by atoms with Crippen molar-refractivity contribution in [3.05, 3.63) is 101 Å². The van der Waals surface area contributed by atoms with Crippen molar-refractivity contribution in [2.24, 2.45) is 4.99 Å². The van der Waals surface area contributed by atoms with Gasteiger partial charge in [0, 0.05) is 11.1 Å². The fourth-order valence-electron chi connectivity index (χ4n) is 3.61. The largest absolute Gasteiger partial charge is 0.280 e. The zero-order valence-corrected chi connectivity index (χ0v) is 12.9. The number of aliphatic imine (C=N–C) groups is 1. The van der Waals surface area contributed by atoms with Crippen LogP contribution in [0.2, 0.25) is 0 Å². The van der Waals surface area contributed by atoms with Crippen molar-refractivity contribution < 1.29 is 4.79 Å². The van der Waals surface area contributed by atoms with E-state index in [0.717, 1.165) is 33.8 Å². The SMILES string of the molecule is O=C1c2ccccc2C2=Nc3ccccc3C(c3ccccc3)N12. The van der Waals surface area contributed by atoms with Crippen LogP contribution < -0.4 is 0 Å². The van der Waals surface area contributed by atoms with Crippen LogP contribution in [0.15, 0.2) is 83.9 Å². The fraction of sp³-hybridized carbons (Fsp3) is 0.0476. The molecule has 3 nitrogen and oxygen atoms in total. The van der Waals surface area contributed by atoms with Crippen molar-refractivity contribution >= 4 is 17.4 Å². The van der Waals surface area contributed by atoms with E-state index in [0.29, 0.717) is 0 Å². The van der Waals surface area contributed by atoms with Gasteiger partial charge in [0.05, 0.1) is 17.3 Å². The Hall–Kier alpha value is -3.20. The third kappa shape index (κ3) is 1.72. The molecule has 3 aromatic carbocycles. The van der Waals surface area contributed by atoms with Gasteiger partial charge in [-0.2, -0.15) is 0 Å². The van der Waals surface area contributed by atoms with Gasteiger partial charge >= 0.3 is 0 Å². The van der Waals surface area contributed by atoms with Crippen LogP contribution in [-0.4, -0.2) is 16.6 Å². The molecule has 1 atom stereocenters. The van der Waals surface area contributed by atoms with Gasteiger partial charge in [0.25, 0.3) is 5.91 Å². The maximum atomic E-state index is 13.1. The summed E-state index contributed by atoms with van der Waals surface area (Å²) in [6, 6.07) is 25.8. The Morgan fingerprint density at radius 3 is 2.25 bits per heavy atom. The van der Waals surface area contributed by atoms with Gasteiger partial charge in [-0.05, 0) is 17.7 Å². The van der Waals surface area contributed by atoms with Gasteiger partial charge in [-0.1, -0.05) is 66.7 Å². The summed E-state index contributed by atoms with van der Waals surface area (Å²) in [7, 11) is 0. The molecule has 3 aromatic rings. The van der Waals surface area contributed by atoms with Crippen molar-refractivity contribution in [1.29, 1.82) is 0 Å². The van der Waals surface area contributed by atoms with Crippen LogP contribution >= 0.6 is 0 Å². The van der Waals surface area contributed by atoms with Crippen molar-refractivity contribution in [3.63, 3.8) is 0 Å². The van der Waals surface area contributed by atoms with E-state index in [1.807, 2.05) is 65.6 Å². The minimum atomic E-state index is -0.144. The number of carbonyl (C=O) groups excluding carboxylic acids is 1. The van der Waals surface area contributed by atoms with Gasteiger partial charge in [-0.3, -0.25) is 9.69 Å². The Balaban J connectivity index is 1.80. The van der Waals surface area contributed by atoms with Crippen LogP contribution in [0.25, 0.3) is 0 Å². The summed E-state index contributed by atoms with van der Waals surface area (Å²) < 4.78 is 0. The quantitative estimate of drug-likeness (QED) is 0.658. The first-order chi connectivity index (χ1) is 11.8. The van der Waals surface area contributed by atoms with E-state index < -0.39 is 0 Å². The van der Waals surface area contributed by atoms with Gasteiger partial charge in [-0.25, -0.2) is 4.99 Å². The molecule has 0 fully saturated rings. The average Bonchev–Trinajstić information content (AvgIpc) is 2.93. The molecule has 0 radical (unpaired) electrons. The van der Waals surface area contributed by atoms with Crippen LogP contribution in [0, 0.1) is 0 Å². The summed E-state index contributed by atoms with van der Waals surface area (Å²) in [6.45, 7) is 0. The standard InChI is InChI=1S/C21H14N2O/c24-21-16-11-5-4-10-15(16)20-22-18-13-7-6-12-17(18)19(23(20)21)14-8-2-1-3-9-14/h1-13,19H. The molecule has 1 unspecified atom stereocenters. The number of para-hydroxylation sites is 1. The lowest BCUT2D eigenvalue weighted by Gasteiger charge is -2.33. The van der Waals surface area contributed by atoms with Crippen molar-refractivity contribution in [2.45, 2.75) is 6.04 Å². The second kappa shape index (κ2) is 4.90. The lowest BCUT2D eigenvalue weighted by Crippen LogP contribution is -2.37. The molecule has 3 heteroatoms. The number of benzene rings is 3. The van der Waals surface area contributed by atoms with E-state index in [9.17, 15) is 4.79 Å². The third-order valence-corrected chi connectivity index (χ3v) is 4.68. The summed E-state index contributed by atoms with van der Waals surface area (Å²) >= 11 is 0.